The normalized spacial score (nSPS) is 15.2. The third kappa shape index (κ3) is 5.41. The Balaban J connectivity index is 1.78. The van der Waals surface area contributed by atoms with Crippen molar-refractivity contribution in [3.8, 4) is 11.1 Å². The molecule has 0 bridgehead atoms. The maximum Gasteiger partial charge on any atom is 0.122 e. The van der Waals surface area contributed by atoms with Crippen LogP contribution in [0.2, 0.25) is 0 Å². The highest BCUT2D eigenvalue weighted by atomic mass is 15.1. The quantitative estimate of drug-likeness (QED) is 0.518. The van der Waals surface area contributed by atoms with Crippen molar-refractivity contribution in [2.24, 2.45) is 11.7 Å². The molecular weight excluding hydrogens is 332 g/mol. The van der Waals surface area contributed by atoms with Gasteiger partial charge in [0.2, 0.25) is 0 Å². The maximum atomic E-state index is 7.69. The molecule has 0 atom stereocenters. The fourth-order valence-corrected chi connectivity index (χ4v) is 3.98. The first-order chi connectivity index (χ1) is 13.0. The third-order valence-corrected chi connectivity index (χ3v) is 5.47. The van der Waals surface area contributed by atoms with Crippen molar-refractivity contribution in [2.75, 3.05) is 26.2 Å². The molecule has 0 aliphatic carbocycles. The lowest BCUT2D eigenvalue weighted by Crippen LogP contribution is -2.35. The van der Waals surface area contributed by atoms with Gasteiger partial charge in [-0.1, -0.05) is 42.8 Å². The number of benzene rings is 2. The highest BCUT2D eigenvalue weighted by Crippen LogP contribution is 2.24. The van der Waals surface area contributed by atoms with Gasteiger partial charge in [-0.15, -0.1) is 0 Å². The predicted molar refractivity (Wildman–Crippen MR) is 114 cm³/mol. The Bertz CT molecular complexity index is 778. The largest absolute Gasteiger partial charge is 0.384 e. The number of aryl methyl sites for hydroxylation is 1. The number of piperidine rings is 1. The Labute approximate surface area is 163 Å². The van der Waals surface area contributed by atoms with Crippen LogP contribution in [0.3, 0.4) is 0 Å². The van der Waals surface area contributed by atoms with Crippen LogP contribution in [0.4, 0.5) is 0 Å². The molecule has 4 nitrogen and oxygen atoms in total. The van der Waals surface area contributed by atoms with E-state index < -0.39 is 0 Å². The minimum Gasteiger partial charge on any atom is -0.384 e. The molecule has 3 rings (SSSR count). The van der Waals surface area contributed by atoms with Gasteiger partial charge in [-0.05, 0) is 74.1 Å². The highest BCUT2D eigenvalue weighted by molar-refractivity contribution is 5.96. The van der Waals surface area contributed by atoms with Crippen LogP contribution in [0.15, 0.2) is 42.5 Å². The van der Waals surface area contributed by atoms with Gasteiger partial charge >= 0.3 is 0 Å². The van der Waals surface area contributed by atoms with Gasteiger partial charge in [-0.2, -0.15) is 0 Å². The molecule has 2 aromatic rings. The summed E-state index contributed by atoms with van der Waals surface area (Å²) in [6.45, 7) is 9.97. The summed E-state index contributed by atoms with van der Waals surface area (Å²) in [5.41, 5.74) is 11.4. The van der Waals surface area contributed by atoms with Gasteiger partial charge in [0.15, 0.2) is 0 Å². The van der Waals surface area contributed by atoms with Gasteiger partial charge < -0.3 is 11.1 Å². The molecule has 144 valence electrons. The summed E-state index contributed by atoms with van der Waals surface area (Å²) in [4.78, 5) is 2.57. The first kappa shape index (κ1) is 19.6. The van der Waals surface area contributed by atoms with Gasteiger partial charge in [-0.25, -0.2) is 0 Å². The van der Waals surface area contributed by atoms with Gasteiger partial charge in [0.1, 0.15) is 5.84 Å². The third-order valence-electron chi connectivity index (χ3n) is 5.47. The summed E-state index contributed by atoms with van der Waals surface area (Å²) in [7, 11) is 0. The van der Waals surface area contributed by atoms with Crippen LogP contribution in [0.25, 0.3) is 11.1 Å². The van der Waals surface area contributed by atoms with E-state index in [1.54, 1.807) is 0 Å². The molecule has 1 aliphatic rings. The SMILES string of the molecule is CCN(Cc1cc(C)cc(-c2cccc(C(=N)N)c2)c1)CC1CCNCC1. The second kappa shape index (κ2) is 9.16. The first-order valence-electron chi connectivity index (χ1n) is 10.0. The average molecular weight is 365 g/mol. The lowest BCUT2D eigenvalue weighted by atomic mass is 9.96. The topological polar surface area (TPSA) is 65.1 Å². The summed E-state index contributed by atoms with van der Waals surface area (Å²) in [6.07, 6.45) is 2.57. The van der Waals surface area contributed by atoms with Crippen molar-refractivity contribution in [3.05, 3.63) is 59.2 Å². The van der Waals surface area contributed by atoms with Crippen LogP contribution >= 0.6 is 0 Å². The Hall–Kier alpha value is -2.17. The maximum absolute atomic E-state index is 7.69. The summed E-state index contributed by atoms with van der Waals surface area (Å²) in [6, 6.07) is 14.8. The molecular formula is C23H32N4. The molecule has 0 saturated carbocycles. The molecule has 27 heavy (non-hydrogen) atoms. The van der Waals surface area contributed by atoms with Crippen molar-refractivity contribution < 1.29 is 0 Å². The molecule has 0 unspecified atom stereocenters. The number of nitrogens with one attached hydrogen (secondary N) is 2. The van der Waals surface area contributed by atoms with Crippen LogP contribution in [0, 0.1) is 18.3 Å². The minimum absolute atomic E-state index is 0.115. The van der Waals surface area contributed by atoms with Crippen LogP contribution in [0.5, 0.6) is 0 Å². The molecule has 0 spiro atoms. The van der Waals surface area contributed by atoms with Gasteiger partial charge in [0.05, 0.1) is 0 Å². The Kier molecular flexibility index (Phi) is 6.64. The molecule has 2 aromatic carbocycles. The second-order valence-electron chi connectivity index (χ2n) is 7.72. The van der Waals surface area contributed by atoms with E-state index >= 15 is 0 Å². The molecule has 1 aliphatic heterocycles. The number of rotatable bonds is 7. The molecule has 4 N–H and O–H groups in total. The number of hydrogen-bond acceptors (Lipinski definition) is 3. The fraction of sp³-hybridized carbons (Fsp3) is 0.435. The van der Waals surface area contributed by atoms with Crippen molar-refractivity contribution >= 4 is 5.84 Å². The zero-order valence-electron chi connectivity index (χ0n) is 16.6. The van der Waals surface area contributed by atoms with Gasteiger partial charge in [0, 0.05) is 18.7 Å². The van der Waals surface area contributed by atoms with Crippen molar-refractivity contribution in [1.29, 1.82) is 5.41 Å². The zero-order valence-corrected chi connectivity index (χ0v) is 16.6. The van der Waals surface area contributed by atoms with Crippen molar-refractivity contribution in [2.45, 2.75) is 33.2 Å². The Morgan fingerprint density at radius 3 is 2.63 bits per heavy atom. The van der Waals surface area contributed by atoms with E-state index in [4.69, 9.17) is 11.1 Å². The first-order valence-corrected chi connectivity index (χ1v) is 10.0. The molecule has 0 amide bonds. The summed E-state index contributed by atoms with van der Waals surface area (Å²) < 4.78 is 0. The molecule has 0 radical (unpaired) electrons. The lowest BCUT2D eigenvalue weighted by Gasteiger charge is -2.29. The fourth-order valence-electron chi connectivity index (χ4n) is 3.98. The van der Waals surface area contributed by atoms with Gasteiger partial charge in [0.25, 0.3) is 0 Å². The Morgan fingerprint density at radius 2 is 1.93 bits per heavy atom. The van der Waals surface area contributed by atoms with E-state index in [-0.39, 0.29) is 5.84 Å². The highest BCUT2D eigenvalue weighted by Gasteiger charge is 2.16. The molecule has 1 saturated heterocycles. The number of nitrogen functional groups attached to an aromatic ring is 1. The van der Waals surface area contributed by atoms with Crippen LogP contribution in [-0.4, -0.2) is 36.9 Å². The van der Waals surface area contributed by atoms with Crippen molar-refractivity contribution in [1.82, 2.24) is 10.2 Å². The van der Waals surface area contributed by atoms with Crippen LogP contribution in [0.1, 0.15) is 36.5 Å². The van der Waals surface area contributed by atoms with Crippen molar-refractivity contribution in [3.63, 3.8) is 0 Å². The average Bonchev–Trinajstić information content (AvgIpc) is 2.68. The number of hydrogen-bond donors (Lipinski definition) is 3. The number of nitrogens with zero attached hydrogens (tertiary/aromatic N) is 1. The van der Waals surface area contributed by atoms with E-state index in [0.717, 1.165) is 43.2 Å². The van der Waals surface area contributed by atoms with Crippen LogP contribution < -0.4 is 11.1 Å². The monoisotopic (exact) mass is 364 g/mol. The summed E-state index contributed by atoms with van der Waals surface area (Å²) >= 11 is 0. The van der Waals surface area contributed by atoms with E-state index in [1.165, 1.54) is 36.1 Å². The number of nitrogens with two attached hydrogens (primary N) is 1. The van der Waals surface area contributed by atoms with Gasteiger partial charge in [-0.3, -0.25) is 10.3 Å². The minimum atomic E-state index is 0.115. The molecule has 0 aromatic heterocycles. The molecule has 4 heteroatoms. The summed E-state index contributed by atoms with van der Waals surface area (Å²) in [5, 5.41) is 11.1. The number of amidine groups is 1. The second-order valence-corrected chi connectivity index (χ2v) is 7.72. The predicted octanol–water partition coefficient (Wildman–Crippen LogP) is 3.77. The smallest absolute Gasteiger partial charge is 0.122 e. The summed E-state index contributed by atoms with van der Waals surface area (Å²) in [5.74, 6) is 0.923. The lowest BCUT2D eigenvalue weighted by molar-refractivity contribution is 0.207. The van der Waals surface area contributed by atoms with E-state index in [0.29, 0.717) is 0 Å². The molecule has 1 heterocycles. The molecule has 1 fully saturated rings. The zero-order chi connectivity index (χ0) is 19.2. The van der Waals surface area contributed by atoms with Crippen LogP contribution in [-0.2, 0) is 6.54 Å². The van der Waals surface area contributed by atoms with E-state index in [1.807, 2.05) is 18.2 Å². The Morgan fingerprint density at radius 1 is 1.15 bits per heavy atom. The standard InChI is InChI=1S/C23H32N4/c1-3-27(15-18-7-9-26-10-8-18)16-19-11-17(2)12-22(13-19)20-5-4-6-21(14-20)23(24)25/h4-6,11-14,18,26H,3,7-10,15-16H2,1-2H3,(H3,24,25). The van der Waals surface area contributed by atoms with E-state index in [2.05, 4.69) is 48.3 Å². The van der Waals surface area contributed by atoms with E-state index in [9.17, 15) is 0 Å².